The average Bonchev–Trinajstić information content (AvgIpc) is 3.21. The van der Waals surface area contributed by atoms with Gasteiger partial charge in [-0.3, -0.25) is 9.59 Å². The zero-order valence-electron chi connectivity index (χ0n) is 16.8. The lowest BCUT2D eigenvalue weighted by molar-refractivity contribution is -0.116. The van der Waals surface area contributed by atoms with Gasteiger partial charge in [0.1, 0.15) is 17.5 Å². The summed E-state index contributed by atoms with van der Waals surface area (Å²) in [7, 11) is 0. The van der Waals surface area contributed by atoms with Crippen LogP contribution in [-0.4, -0.2) is 28.1 Å². The first kappa shape index (κ1) is 20.7. The lowest BCUT2D eigenvalue weighted by Gasteiger charge is -2.27. The van der Waals surface area contributed by atoms with Crippen LogP contribution in [0.15, 0.2) is 54.7 Å². The fourth-order valence-electron chi connectivity index (χ4n) is 3.91. The highest BCUT2D eigenvalue weighted by Gasteiger charge is 2.24. The summed E-state index contributed by atoms with van der Waals surface area (Å²) >= 11 is 0. The molecule has 0 bridgehead atoms. The topological polar surface area (TPSA) is 76.0 Å². The van der Waals surface area contributed by atoms with Crippen molar-refractivity contribution in [3.05, 3.63) is 83.1 Å². The minimum atomic E-state index is -0.946. The van der Waals surface area contributed by atoms with Crippen molar-refractivity contribution < 1.29 is 18.4 Å². The molecule has 1 unspecified atom stereocenters. The number of hydrogen-bond acceptors (Lipinski definition) is 3. The first-order valence-electron chi connectivity index (χ1n) is 10.2. The molecule has 160 valence electrons. The van der Waals surface area contributed by atoms with Crippen molar-refractivity contribution in [3.63, 3.8) is 0 Å². The highest BCUT2D eigenvalue weighted by molar-refractivity contribution is 5.95. The van der Waals surface area contributed by atoms with E-state index in [0.29, 0.717) is 11.9 Å². The Morgan fingerprint density at radius 3 is 2.81 bits per heavy atom. The average molecular weight is 424 g/mol. The second kappa shape index (κ2) is 9.07. The zero-order chi connectivity index (χ0) is 21.8. The zero-order valence-corrected chi connectivity index (χ0v) is 16.8. The van der Waals surface area contributed by atoms with Gasteiger partial charge >= 0.3 is 0 Å². The standard InChI is InChI=1S/C23H22F2N4O2/c24-16-8-9-18(19(25)14-16)23(31)26-12-11-22(30)28-21-10-13-27-29(21)20-7-3-5-15-4-1-2-6-17(15)20/h1-2,4,6,8-10,13-14,20H,3,5,7,11-12H2,(H,26,31)(H,28,30). The summed E-state index contributed by atoms with van der Waals surface area (Å²) < 4.78 is 28.5. The van der Waals surface area contributed by atoms with E-state index in [1.165, 1.54) is 11.1 Å². The number of nitrogens with one attached hydrogen (secondary N) is 2. The van der Waals surface area contributed by atoms with E-state index in [-0.39, 0.29) is 30.5 Å². The van der Waals surface area contributed by atoms with Crippen LogP contribution in [0.2, 0.25) is 0 Å². The van der Waals surface area contributed by atoms with Gasteiger partial charge in [0.05, 0.1) is 17.8 Å². The Balaban J connectivity index is 1.35. The van der Waals surface area contributed by atoms with Crippen LogP contribution in [0.5, 0.6) is 0 Å². The van der Waals surface area contributed by atoms with E-state index in [2.05, 4.69) is 27.9 Å². The van der Waals surface area contributed by atoms with E-state index in [0.717, 1.165) is 31.4 Å². The maximum absolute atomic E-state index is 13.7. The molecule has 0 fully saturated rings. The molecule has 2 N–H and O–H groups in total. The first-order valence-corrected chi connectivity index (χ1v) is 10.2. The predicted molar refractivity (Wildman–Crippen MR) is 112 cm³/mol. The molecule has 1 aromatic heterocycles. The van der Waals surface area contributed by atoms with Gasteiger partial charge in [-0.1, -0.05) is 24.3 Å². The lowest BCUT2D eigenvalue weighted by Crippen LogP contribution is -2.29. The Bertz CT molecular complexity index is 1110. The van der Waals surface area contributed by atoms with Crippen molar-refractivity contribution in [1.82, 2.24) is 15.1 Å². The largest absolute Gasteiger partial charge is 0.351 e. The summed E-state index contributed by atoms with van der Waals surface area (Å²) in [6.45, 7) is 0.0158. The number of benzene rings is 2. The summed E-state index contributed by atoms with van der Waals surface area (Å²) in [6, 6.07) is 12.8. The molecule has 4 rings (SSSR count). The fourth-order valence-corrected chi connectivity index (χ4v) is 3.91. The molecule has 8 heteroatoms. The maximum atomic E-state index is 13.7. The number of amides is 2. The number of fused-ring (bicyclic) bond motifs is 1. The van der Waals surface area contributed by atoms with Gasteiger partial charge in [0.15, 0.2) is 0 Å². The van der Waals surface area contributed by atoms with Crippen LogP contribution in [-0.2, 0) is 11.2 Å². The number of nitrogens with zero attached hydrogens (tertiary/aromatic N) is 2. The van der Waals surface area contributed by atoms with Crippen LogP contribution in [0.25, 0.3) is 0 Å². The van der Waals surface area contributed by atoms with Crippen LogP contribution >= 0.6 is 0 Å². The third-order valence-electron chi connectivity index (χ3n) is 5.38. The Hall–Kier alpha value is -3.55. The van der Waals surface area contributed by atoms with Gasteiger partial charge in [0, 0.05) is 25.1 Å². The van der Waals surface area contributed by atoms with Crippen molar-refractivity contribution in [3.8, 4) is 0 Å². The Morgan fingerprint density at radius 1 is 1.13 bits per heavy atom. The summed E-state index contributed by atoms with van der Waals surface area (Å²) in [6.07, 6.45) is 4.65. The van der Waals surface area contributed by atoms with Crippen molar-refractivity contribution in [2.75, 3.05) is 11.9 Å². The smallest absolute Gasteiger partial charge is 0.254 e. The number of carbonyl (C=O) groups is 2. The summed E-state index contributed by atoms with van der Waals surface area (Å²) in [4.78, 5) is 24.4. The van der Waals surface area contributed by atoms with E-state index in [1.807, 2.05) is 16.8 Å². The molecule has 0 spiro atoms. The molecule has 1 aliphatic rings. The first-order chi connectivity index (χ1) is 15.0. The molecule has 0 saturated carbocycles. The molecule has 1 aliphatic carbocycles. The van der Waals surface area contributed by atoms with Crippen LogP contribution in [0, 0.1) is 11.6 Å². The quantitative estimate of drug-likeness (QED) is 0.631. The number of hydrogen-bond donors (Lipinski definition) is 2. The fraction of sp³-hybridized carbons (Fsp3) is 0.261. The van der Waals surface area contributed by atoms with Crippen molar-refractivity contribution in [1.29, 1.82) is 0 Å². The van der Waals surface area contributed by atoms with Crippen molar-refractivity contribution in [2.45, 2.75) is 31.7 Å². The maximum Gasteiger partial charge on any atom is 0.254 e. The van der Waals surface area contributed by atoms with Gasteiger partial charge in [-0.25, -0.2) is 13.5 Å². The Labute approximate surface area is 178 Å². The monoisotopic (exact) mass is 424 g/mol. The Kier molecular flexibility index (Phi) is 6.06. The number of carbonyl (C=O) groups excluding carboxylic acids is 2. The molecule has 3 aromatic rings. The molecule has 1 heterocycles. The summed E-state index contributed by atoms with van der Waals surface area (Å²) in [5.74, 6) is -2.12. The van der Waals surface area contributed by atoms with Crippen LogP contribution in [0.3, 0.4) is 0 Å². The predicted octanol–water partition coefficient (Wildman–Crippen LogP) is 3.85. The molecule has 2 amide bonds. The summed E-state index contributed by atoms with van der Waals surface area (Å²) in [5.41, 5.74) is 2.24. The number of aryl methyl sites for hydroxylation is 1. The molecule has 0 saturated heterocycles. The molecular formula is C23H22F2N4O2. The van der Waals surface area contributed by atoms with Crippen LogP contribution in [0.4, 0.5) is 14.6 Å². The molecule has 2 aromatic carbocycles. The van der Waals surface area contributed by atoms with Gasteiger partial charge in [-0.05, 0) is 42.5 Å². The van der Waals surface area contributed by atoms with E-state index in [4.69, 9.17) is 0 Å². The van der Waals surface area contributed by atoms with Crippen LogP contribution < -0.4 is 10.6 Å². The minimum Gasteiger partial charge on any atom is -0.351 e. The number of aromatic nitrogens is 2. The number of halogens is 2. The van der Waals surface area contributed by atoms with E-state index in [1.54, 1.807) is 12.3 Å². The molecule has 6 nitrogen and oxygen atoms in total. The second-order valence-corrected chi connectivity index (χ2v) is 7.45. The number of anilines is 1. The van der Waals surface area contributed by atoms with Gasteiger partial charge in [0.2, 0.25) is 5.91 Å². The summed E-state index contributed by atoms with van der Waals surface area (Å²) in [5, 5.41) is 9.73. The Morgan fingerprint density at radius 2 is 1.97 bits per heavy atom. The SMILES string of the molecule is O=C(CCNC(=O)c1ccc(F)cc1F)Nc1ccnn1C1CCCc2ccccc21. The third-order valence-corrected chi connectivity index (χ3v) is 5.38. The van der Waals surface area contributed by atoms with Crippen molar-refractivity contribution >= 4 is 17.6 Å². The molecule has 0 aliphatic heterocycles. The van der Waals surface area contributed by atoms with E-state index in [9.17, 15) is 18.4 Å². The van der Waals surface area contributed by atoms with Crippen molar-refractivity contribution in [2.24, 2.45) is 0 Å². The van der Waals surface area contributed by atoms with E-state index >= 15 is 0 Å². The number of rotatable bonds is 6. The molecule has 31 heavy (non-hydrogen) atoms. The molecule has 0 radical (unpaired) electrons. The van der Waals surface area contributed by atoms with Gasteiger partial charge in [0.25, 0.3) is 5.91 Å². The van der Waals surface area contributed by atoms with E-state index < -0.39 is 17.5 Å². The highest BCUT2D eigenvalue weighted by Crippen LogP contribution is 2.34. The third kappa shape index (κ3) is 4.63. The highest BCUT2D eigenvalue weighted by atomic mass is 19.1. The molecular weight excluding hydrogens is 402 g/mol. The molecule has 1 atom stereocenters. The van der Waals surface area contributed by atoms with Crippen LogP contribution in [0.1, 0.15) is 46.8 Å². The lowest BCUT2D eigenvalue weighted by atomic mass is 9.88. The van der Waals surface area contributed by atoms with Gasteiger partial charge in [-0.15, -0.1) is 0 Å². The minimum absolute atomic E-state index is 0.000980. The van der Waals surface area contributed by atoms with Gasteiger partial charge in [-0.2, -0.15) is 5.10 Å². The normalized spacial score (nSPS) is 15.2. The van der Waals surface area contributed by atoms with Gasteiger partial charge < -0.3 is 10.6 Å². The second-order valence-electron chi connectivity index (χ2n) is 7.45.